The van der Waals surface area contributed by atoms with Gasteiger partial charge < -0.3 is 0 Å². The van der Waals surface area contributed by atoms with Gasteiger partial charge in [-0.2, -0.15) is 0 Å². The smallest absolute Gasteiger partial charge is 0.262 e. The topological polar surface area (TPSA) is 34.9 Å². The van der Waals surface area contributed by atoms with Gasteiger partial charge in [0.15, 0.2) is 5.16 Å². The van der Waals surface area contributed by atoms with E-state index >= 15 is 0 Å². The molecule has 120 valence electrons. The number of hydrogen-bond donors (Lipinski definition) is 0. The van der Waals surface area contributed by atoms with Crippen molar-refractivity contribution < 1.29 is 0 Å². The largest absolute Gasteiger partial charge is 0.290 e. The number of rotatable bonds is 3. The Morgan fingerprint density at radius 1 is 1.17 bits per heavy atom. The lowest BCUT2D eigenvalue weighted by Gasteiger charge is -2.08. The average molecular weight is 345 g/mol. The molecule has 0 saturated heterocycles. The predicted octanol–water partition coefficient (Wildman–Crippen LogP) is 4.52. The second-order valence-electron chi connectivity index (χ2n) is 5.93. The summed E-state index contributed by atoms with van der Waals surface area (Å²) in [5, 5.41) is 1.55. The number of nitrogens with zero attached hydrogens (tertiary/aromatic N) is 2. The van der Waals surface area contributed by atoms with Gasteiger partial charge in [-0.15, -0.1) is 11.3 Å². The number of thiophene rings is 1. The van der Waals surface area contributed by atoms with Crippen molar-refractivity contribution in [3.63, 3.8) is 0 Å². The molecule has 0 saturated carbocycles. The molecule has 3 rings (SSSR count). The van der Waals surface area contributed by atoms with Gasteiger partial charge in [0, 0.05) is 17.7 Å². The Labute approximate surface area is 144 Å². The molecule has 5 heteroatoms. The summed E-state index contributed by atoms with van der Waals surface area (Å²) in [6.07, 6.45) is 0. The normalized spacial score (nSPS) is 11.3. The van der Waals surface area contributed by atoms with Gasteiger partial charge in [-0.25, -0.2) is 4.98 Å². The Morgan fingerprint density at radius 2 is 1.91 bits per heavy atom. The summed E-state index contributed by atoms with van der Waals surface area (Å²) in [5.74, 6) is 0.816. The van der Waals surface area contributed by atoms with Crippen molar-refractivity contribution >= 4 is 33.3 Å². The maximum atomic E-state index is 12.6. The molecular formula is C18H20N2OS2. The minimum atomic E-state index is 0.0550. The summed E-state index contributed by atoms with van der Waals surface area (Å²) in [5.41, 5.74) is 4.97. The lowest BCUT2D eigenvalue weighted by atomic mass is 10.1. The number of aryl methyl sites for hydroxylation is 4. The molecule has 1 aromatic carbocycles. The fraction of sp³-hybridized carbons (Fsp3) is 0.333. The average Bonchev–Trinajstić information content (AvgIpc) is 2.80. The highest BCUT2D eigenvalue weighted by Gasteiger charge is 2.14. The number of hydrogen-bond acceptors (Lipinski definition) is 4. The monoisotopic (exact) mass is 344 g/mol. The fourth-order valence-electron chi connectivity index (χ4n) is 2.53. The van der Waals surface area contributed by atoms with E-state index in [2.05, 4.69) is 32.0 Å². The van der Waals surface area contributed by atoms with Gasteiger partial charge in [0.2, 0.25) is 0 Å². The van der Waals surface area contributed by atoms with Crippen LogP contribution < -0.4 is 5.56 Å². The molecule has 0 spiro atoms. The summed E-state index contributed by atoms with van der Waals surface area (Å²) >= 11 is 3.22. The lowest BCUT2D eigenvalue weighted by Crippen LogP contribution is -2.19. The lowest BCUT2D eigenvalue weighted by molar-refractivity contribution is 0.727. The Balaban J connectivity index is 1.95. The Kier molecular flexibility index (Phi) is 4.34. The van der Waals surface area contributed by atoms with Gasteiger partial charge >= 0.3 is 0 Å². The van der Waals surface area contributed by atoms with Gasteiger partial charge in [-0.3, -0.25) is 9.36 Å². The first-order valence-electron chi connectivity index (χ1n) is 7.54. The van der Waals surface area contributed by atoms with E-state index in [1.807, 2.05) is 20.9 Å². The highest BCUT2D eigenvalue weighted by molar-refractivity contribution is 7.98. The third kappa shape index (κ3) is 2.95. The first-order chi connectivity index (χ1) is 10.9. The quantitative estimate of drug-likeness (QED) is 0.517. The van der Waals surface area contributed by atoms with Crippen LogP contribution in [-0.4, -0.2) is 9.55 Å². The molecule has 0 bridgehead atoms. The standard InChI is InChI=1S/C18H20N2OS2/c1-10-6-7-14(8-11(10)2)9-22-18-19-16-15(17(21)20(18)5)12(3)13(4)23-16/h6-8H,9H2,1-5H3. The van der Waals surface area contributed by atoms with E-state index in [0.717, 1.165) is 26.7 Å². The van der Waals surface area contributed by atoms with Crippen LogP contribution in [0.2, 0.25) is 0 Å². The summed E-state index contributed by atoms with van der Waals surface area (Å²) in [6.45, 7) is 8.29. The van der Waals surface area contributed by atoms with E-state index in [9.17, 15) is 4.79 Å². The van der Waals surface area contributed by atoms with Crippen LogP contribution in [0.3, 0.4) is 0 Å². The van der Waals surface area contributed by atoms with Crippen LogP contribution >= 0.6 is 23.1 Å². The summed E-state index contributed by atoms with van der Waals surface area (Å²) in [4.78, 5) is 19.3. The van der Waals surface area contributed by atoms with Crippen molar-refractivity contribution in [2.45, 2.75) is 38.6 Å². The molecule has 0 fully saturated rings. The van der Waals surface area contributed by atoms with Crippen LogP contribution in [0.4, 0.5) is 0 Å². The molecule has 3 nitrogen and oxygen atoms in total. The Hall–Kier alpha value is -1.59. The highest BCUT2D eigenvalue weighted by atomic mass is 32.2. The van der Waals surface area contributed by atoms with E-state index in [-0.39, 0.29) is 5.56 Å². The zero-order valence-corrected chi connectivity index (χ0v) is 15.7. The molecular weight excluding hydrogens is 324 g/mol. The molecule has 0 aliphatic carbocycles. The molecule has 0 unspecified atom stereocenters. The predicted molar refractivity (Wildman–Crippen MR) is 99.8 cm³/mol. The zero-order valence-electron chi connectivity index (χ0n) is 14.1. The number of benzene rings is 1. The van der Waals surface area contributed by atoms with Crippen molar-refractivity contribution in [2.24, 2.45) is 7.05 Å². The molecule has 23 heavy (non-hydrogen) atoms. The van der Waals surface area contributed by atoms with Crippen LogP contribution in [0.5, 0.6) is 0 Å². The van der Waals surface area contributed by atoms with E-state index in [4.69, 9.17) is 4.98 Å². The second-order valence-corrected chi connectivity index (χ2v) is 8.07. The van der Waals surface area contributed by atoms with E-state index in [0.29, 0.717) is 0 Å². The molecule has 0 atom stereocenters. The number of fused-ring (bicyclic) bond motifs is 1. The third-order valence-corrected chi connectivity index (χ3v) is 6.51. The van der Waals surface area contributed by atoms with Gasteiger partial charge in [0.1, 0.15) is 4.83 Å². The molecule has 2 heterocycles. The summed E-state index contributed by atoms with van der Waals surface area (Å²) in [6, 6.07) is 6.50. The van der Waals surface area contributed by atoms with Crippen LogP contribution in [0.1, 0.15) is 27.1 Å². The van der Waals surface area contributed by atoms with Gasteiger partial charge in [-0.05, 0) is 49.9 Å². The highest BCUT2D eigenvalue weighted by Crippen LogP contribution is 2.29. The minimum Gasteiger partial charge on any atom is -0.290 e. The van der Waals surface area contributed by atoms with E-state index in [1.54, 1.807) is 27.7 Å². The fourth-order valence-corrected chi connectivity index (χ4v) is 4.51. The van der Waals surface area contributed by atoms with Crippen molar-refractivity contribution in [3.05, 3.63) is 55.7 Å². The van der Waals surface area contributed by atoms with Crippen molar-refractivity contribution in [1.29, 1.82) is 0 Å². The number of aromatic nitrogens is 2. The van der Waals surface area contributed by atoms with Crippen molar-refractivity contribution in [1.82, 2.24) is 9.55 Å². The molecule has 0 N–H and O–H groups in total. The first kappa shape index (κ1) is 16.3. The number of thioether (sulfide) groups is 1. The van der Waals surface area contributed by atoms with Crippen LogP contribution in [-0.2, 0) is 12.8 Å². The van der Waals surface area contributed by atoms with Gasteiger partial charge in [0.05, 0.1) is 5.39 Å². The molecule has 0 radical (unpaired) electrons. The van der Waals surface area contributed by atoms with Crippen LogP contribution in [0.25, 0.3) is 10.2 Å². The maximum Gasteiger partial charge on any atom is 0.262 e. The minimum absolute atomic E-state index is 0.0550. The zero-order chi connectivity index (χ0) is 16.7. The van der Waals surface area contributed by atoms with E-state index < -0.39 is 0 Å². The van der Waals surface area contributed by atoms with Crippen molar-refractivity contribution in [3.8, 4) is 0 Å². The first-order valence-corrected chi connectivity index (χ1v) is 9.34. The summed E-state index contributed by atoms with van der Waals surface area (Å²) in [7, 11) is 1.81. The Morgan fingerprint density at radius 3 is 2.61 bits per heavy atom. The maximum absolute atomic E-state index is 12.6. The second kappa shape index (κ2) is 6.13. The van der Waals surface area contributed by atoms with E-state index in [1.165, 1.54) is 21.6 Å². The molecule has 0 aliphatic rings. The van der Waals surface area contributed by atoms with Gasteiger partial charge in [-0.1, -0.05) is 30.0 Å². The molecule has 0 aliphatic heterocycles. The third-order valence-electron chi connectivity index (χ3n) is 4.31. The summed E-state index contributed by atoms with van der Waals surface area (Å²) < 4.78 is 1.67. The molecule has 2 aromatic heterocycles. The van der Waals surface area contributed by atoms with Crippen molar-refractivity contribution in [2.75, 3.05) is 0 Å². The molecule has 3 aromatic rings. The van der Waals surface area contributed by atoms with Gasteiger partial charge in [0.25, 0.3) is 5.56 Å². The SMILES string of the molecule is Cc1ccc(CSc2nc3sc(C)c(C)c3c(=O)n2C)cc1C. The van der Waals surface area contributed by atoms with Crippen LogP contribution in [0, 0.1) is 27.7 Å². The van der Waals surface area contributed by atoms with Crippen LogP contribution in [0.15, 0.2) is 28.2 Å². The molecule has 0 amide bonds. The Bertz CT molecular complexity index is 954.